The highest BCUT2D eigenvalue weighted by molar-refractivity contribution is 5.95. The monoisotopic (exact) mass is 290 g/mol. The third kappa shape index (κ3) is 3.38. The Morgan fingerprint density at radius 3 is 2.38 bits per heavy atom. The van der Waals surface area contributed by atoms with Crippen molar-refractivity contribution in [2.24, 2.45) is 0 Å². The fourth-order valence-electron chi connectivity index (χ4n) is 2.78. The largest absolute Gasteiger partial charge is 0.496 e. The van der Waals surface area contributed by atoms with Crippen LogP contribution in [0.5, 0.6) is 5.75 Å². The molecule has 0 atom stereocenters. The van der Waals surface area contributed by atoms with Crippen LogP contribution in [-0.4, -0.2) is 44.1 Å². The van der Waals surface area contributed by atoms with E-state index in [9.17, 15) is 4.79 Å². The van der Waals surface area contributed by atoms with E-state index in [1.165, 1.54) is 0 Å². The Morgan fingerprint density at radius 2 is 1.86 bits per heavy atom. The Morgan fingerprint density at radius 1 is 1.24 bits per heavy atom. The van der Waals surface area contributed by atoms with E-state index in [1.54, 1.807) is 7.11 Å². The maximum Gasteiger partial charge on any atom is 0.253 e. The summed E-state index contributed by atoms with van der Waals surface area (Å²) in [4.78, 5) is 14.6. The molecule has 4 heteroatoms. The number of piperazine rings is 1. The third-order valence-electron chi connectivity index (χ3n) is 3.94. The molecule has 0 aliphatic carbocycles. The average molecular weight is 290 g/mol. The summed E-state index contributed by atoms with van der Waals surface area (Å²) >= 11 is 0. The van der Waals surface area contributed by atoms with Crippen molar-refractivity contribution in [3.05, 3.63) is 28.8 Å². The highest BCUT2D eigenvalue weighted by atomic mass is 16.5. The van der Waals surface area contributed by atoms with Crippen LogP contribution < -0.4 is 10.1 Å². The maximum absolute atomic E-state index is 12.7. The van der Waals surface area contributed by atoms with Crippen LogP contribution in [-0.2, 0) is 5.41 Å². The molecule has 0 aromatic heterocycles. The fraction of sp³-hybridized carbons (Fsp3) is 0.588. The Balaban J connectivity index is 2.40. The van der Waals surface area contributed by atoms with Crippen LogP contribution in [0.2, 0.25) is 0 Å². The predicted molar refractivity (Wildman–Crippen MR) is 85.2 cm³/mol. The van der Waals surface area contributed by atoms with Gasteiger partial charge in [-0.05, 0) is 30.0 Å². The molecule has 1 aliphatic rings. The normalized spacial score (nSPS) is 16.0. The lowest BCUT2D eigenvalue weighted by atomic mass is 9.84. The lowest BCUT2D eigenvalue weighted by Gasteiger charge is -2.29. The predicted octanol–water partition coefficient (Wildman–Crippen LogP) is 2.35. The summed E-state index contributed by atoms with van der Waals surface area (Å²) in [5.74, 6) is 1.01. The van der Waals surface area contributed by atoms with Crippen LogP contribution in [0.25, 0.3) is 0 Å². The highest BCUT2D eigenvalue weighted by Gasteiger charge is 2.25. The van der Waals surface area contributed by atoms with Crippen LogP contribution >= 0.6 is 0 Å². The molecule has 1 aromatic carbocycles. The first-order chi connectivity index (χ1) is 9.84. The number of amides is 1. The van der Waals surface area contributed by atoms with Gasteiger partial charge in [-0.1, -0.05) is 20.8 Å². The fourth-order valence-corrected chi connectivity index (χ4v) is 2.78. The number of hydrogen-bond acceptors (Lipinski definition) is 3. The van der Waals surface area contributed by atoms with Gasteiger partial charge in [0.25, 0.3) is 5.91 Å². The van der Waals surface area contributed by atoms with Gasteiger partial charge >= 0.3 is 0 Å². The van der Waals surface area contributed by atoms with Crippen molar-refractivity contribution in [1.29, 1.82) is 0 Å². The zero-order chi connectivity index (χ0) is 15.6. The van der Waals surface area contributed by atoms with Crippen LogP contribution in [0.15, 0.2) is 12.1 Å². The minimum absolute atomic E-state index is 0.0597. The molecule has 4 nitrogen and oxygen atoms in total. The standard InChI is InChI=1S/C17H26N2O2/c1-12-10-13(16(20)19-8-6-18-7-9-19)11-14(15(12)21-5)17(2,3)4/h10-11,18H,6-9H2,1-5H3. The topological polar surface area (TPSA) is 41.6 Å². The zero-order valence-corrected chi connectivity index (χ0v) is 13.7. The van der Waals surface area contributed by atoms with E-state index in [0.717, 1.165) is 48.6 Å². The second-order valence-electron chi connectivity index (χ2n) is 6.67. The number of carbonyl (C=O) groups is 1. The van der Waals surface area contributed by atoms with Crippen molar-refractivity contribution in [3.63, 3.8) is 0 Å². The SMILES string of the molecule is COc1c(C)cc(C(=O)N2CCNCC2)cc1C(C)(C)C. The number of hydrogen-bond donors (Lipinski definition) is 1. The Labute approximate surface area is 127 Å². The quantitative estimate of drug-likeness (QED) is 0.909. The molecule has 1 fully saturated rings. The molecule has 1 amide bonds. The molecule has 1 aromatic rings. The summed E-state index contributed by atoms with van der Waals surface area (Å²) in [6.45, 7) is 11.7. The number of ether oxygens (including phenoxy) is 1. The summed E-state index contributed by atoms with van der Waals surface area (Å²) in [7, 11) is 1.69. The summed E-state index contributed by atoms with van der Waals surface area (Å²) in [6.07, 6.45) is 0. The summed E-state index contributed by atoms with van der Waals surface area (Å²) in [5, 5.41) is 3.27. The molecule has 21 heavy (non-hydrogen) atoms. The van der Waals surface area contributed by atoms with Crippen molar-refractivity contribution in [1.82, 2.24) is 10.2 Å². The van der Waals surface area contributed by atoms with Crippen molar-refractivity contribution in [2.45, 2.75) is 33.1 Å². The zero-order valence-electron chi connectivity index (χ0n) is 13.7. The number of nitrogens with zero attached hydrogens (tertiary/aromatic N) is 1. The summed E-state index contributed by atoms with van der Waals surface area (Å²) in [6, 6.07) is 3.94. The highest BCUT2D eigenvalue weighted by Crippen LogP contribution is 2.35. The van der Waals surface area contributed by atoms with Crippen molar-refractivity contribution < 1.29 is 9.53 Å². The maximum atomic E-state index is 12.7. The number of aryl methyl sites for hydroxylation is 1. The van der Waals surface area contributed by atoms with Gasteiger partial charge in [0.2, 0.25) is 0 Å². The first-order valence-corrected chi connectivity index (χ1v) is 7.53. The van der Waals surface area contributed by atoms with E-state index in [4.69, 9.17) is 4.74 Å². The average Bonchev–Trinajstić information content (AvgIpc) is 2.45. The lowest BCUT2D eigenvalue weighted by Crippen LogP contribution is -2.46. The minimum Gasteiger partial charge on any atom is -0.496 e. The van der Waals surface area contributed by atoms with Gasteiger partial charge < -0.3 is 15.0 Å². The molecule has 0 bridgehead atoms. The molecule has 1 aliphatic heterocycles. The van der Waals surface area contributed by atoms with Gasteiger partial charge in [0.05, 0.1) is 7.11 Å². The number of rotatable bonds is 2. The van der Waals surface area contributed by atoms with E-state index in [-0.39, 0.29) is 11.3 Å². The van der Waals surface area contributed by atoms with Crippen LogP contribution in [0.1, 0.15) is 42.3 Å². The van der Waals surface area contributed by atoms with Gasteiger partial charge in [-0.3, -0.25) is 4.79 Å². The second kappa shape index (κ2) is 6.06. The third-order valence-corrected chi connectivity index (χ3v) is 3.94. The molecule has 0 unspecified atom stereocenters. The molecule has 116 valence electrons. The van der Waals surface area contributed by atoms with Crippen LogP contribution in [0, 0.1) is 6.92 Å². The number of carbonyl (C=O) groups excluding carboxylic acids is 1. The van der Waals surface area contributed by atoms with E-state index < -0.39 is 0 Å². The molecular weight excluding hydrogens is 264 g/mol. The molecule has 0 spiro atoms. The molecule has 1 heterocycles. The molecular formula is C17H26N2O2. The first kappa shape index (κ1) is 15.8. The molecule has 0 radical (unpaired) electrons. The summed E-state index contributed by atoms with van der Waals surface area (Å²) < 4.78 is 5.55. The van der Waals surface area contributed by atoms with E-state index >= 15 is 0 Å². The molecule has 1 saturated heterocycles. The number of benzene rings is 1. The van der Waals surface area contributed by atoms with Gasteiger partial charge in [0.15, 0.2) is 0 Å². The Hall–Kier alpha value is -1.55. The molecule has 0 saturated carbocycles. The summed E-state index contributed by atoms with van der Waals surface area (Å²) in [5.41, 5.74) is 2.81. The van der Waals surface area contributed by atoms with Crippen LogP contribution in [0.3, 0.4) is 0 Å². The molecule has 1 N–H and O–H groups in total. The van der Waals surface area contributed by atoms with Crippen molar-refractivity contribution in [2.75, 3.05) is 33.3 Å². The smallest absolute Gasteiger partial charge is 0.253 e. The first-order valence-electron chi connectivity index (χ1n) is 7.53. The Bertz CT molecular complexity index is 526. The molecule has 2 rings (SSSR count). The number of nitrogens with one attached hydrogen (secondary N) is 1. The van der Waals surface area contributed by atoms with E-state index in [2.05, 4.69) is 26.1 Å². The lowest BCUT2D eigenvalue weighted by molar-refractivity contribution is 0.0735. The minimum atomic E-state index is -0.0597. The van der Waals surface area contributed by atoms with Gasteiger partial charge in [0.1, 0.15) is 5.75 Å². The van der Waals surface area contributed by atoms with Gasteiger partial charge in [-0.15, -0.1) is 0 Å². The number of methoxy groups -OCH3 is 1. The van der Waals surface area contributed by atoms with Gasteiger partial charge in [-0.25, -0.2) is 0 Å². The second-order valence-corrected chi connectivity index (χ2v) is 6.67. The Kier molecular flexibility index (Phi) is 4.57. The van der Waals surface area contributed by atoms with Crippen LogP contribution in [0.4, 0.5) is 0 Å². The van der Waals surface area contributed by atoms with Crippen molar-refractivity contribution >= 4 is 5.91 Å². The van der Waals surface area contributed by atoms with Gasteiger partial charge in [-0.2, -0.15) is 0 Å². The van der Waals surface area contributed by atoms with Crippen molar-refractivity contribution in [3.8, 4) is 5.75 Å². The van der Waals surface area contributed by atoms with E-state index in [1.807, 2.05) is 24.0 Å². The van der Waals surface area contributed by atoms with E-state index in [0.29, 0.717) is 0 Å². The van der Waals surface area contributed by atoms with Gasteiger partial charge in [0, 0.05) is 37.3 Å².